The summed E-state index contributed by atoms with van der Waals surface area (Å²) in [5.74, 6) is -1.01. The van der Waals surface area contributed by atoms with Gasteiger partial charge in [0.05, 0.1) is 21.7 Å². The van der Waals surface area contributed by atoms with Crippen LogP contribution < -0.4 is 45.5 Å². The van der Waals surface area contributed by atoms with Gasteiger partial charge in [-0.3, -0.25) is 14.4 Å². The fourth-order valence-corrected chi connectivity index (χ4v) is 5.90. The van der Waals surface area contributed by atoms with Gasteiger partial charge in [-0.1, -0.05) is 55.7 Å². The molecule has 0 heterocycles. The van der Waals surface area contributed by atoms with Crippen LogP contribution in [-0.2, 0) is 14.9 Å². The van der Waals surface area contributed by atoms with Crippen molar-refractivity contribution in [3.63, 3.8) is 0 Å². The molecule has 9 nitrogen and oxygen atoms in total. The number of hydrogen-bond donors (Lipinski definition) is 3. The van der Waals surface area contributed by atoms with Crippen LogP contribution in [0.4, 0.5) is 17.1 Å². The van der Waals surface area contributed by atoms with Gasteiger partial charge in [0, 0.05) is 41.5 Å². The molecule has 0 spiro atoms. The van der Waals surface area contributed by atoms with E-state index in [1.807, 2.05) is 0 Å². The minimum absolute atomic E-state index is 0. The zero-order valence-electron chi connectivity index (χ0n) is 22.2. The SMILES string of the molecule is O=C(CCNc1ccc(NC2CCCCC2)c2c1C(=O)c1ccccc1C2=O)Nc1ccccc1S(=O)(=O)[O-].[Na+]. The second-order valence-electron chi connectivity index (χ2n) is 9.77. The van der Waals surface area contributed by atoms with Gasteiger partial charge in [0.2, 0.25) is 5.91 Å². The second-order valence-corrected chi connectivity index (χ2v) is 11.1. The second kappa shape index (κ2) is 12.7. The maximum atomic E-state index is 13.6. The van der Waals surface area contributed by atoms with Crippen LogP contribution in [0.15, 0.2) is 65.6 Å². The van der Waals surface area contributed by atoms with Crippen molar-refractivity contribution in [2.75, 3.05) is 22.5 Å². The summed E-state index contributed by atoms with van der Waals surface area (Å²) in [6.45, 7) is 0.100. The molecule has 0 saturated heterocycles. The van der Waals surface area contributed by atoms with E-state index in [1.54, 1.807) is 36.4 Å². The van der Waals surface area contributed by atoms with Crippen molar-refractivity contribution in [2.24, 2.45) is 0 Å². The fraction of sp³-hybridized carbons (Fsp3) is 0.276. The van der Waals surface area contributed by atoms with Crippen LogP contribution in [0.2, 0.25) is 0 Å². The van der Waals surface area contributed by atoms with Crippen LogP contribution in [0, 0.1) is 0 Å². The molecule has 1 amide bonds. The summed E-state index contributed by atoms with van der Waals surface area (Å²) >= 11 is 0. The minimum Gasteiger partial charge on any atom is -0.744 e. The maximum Gasteiger partial charge on any atom is 1.00 e. The van der Waals surface area contributed by atoms with Crippen LogP contribution in [0.3, 0.4) is 0 Å². The number of rotatable bonds is 8. The number of carbonyl (C=O) groups excluding carboxylic acids is 3. The van der Waals surface area contributed by atoms with E-state index < -0.39 is 20.9 Å². The van der Waals surface area contributed by atoms with E-state index in [9.17, 15) is 27.4 Å². The average molecular weight is 570 g/mol. The monoisotopic (exact) mass is 569 g/mol. The molecule has 2 aliphatic rings. The number of hydrogen-bond acceptors (Lipinski definition) is 8. The van der Waals surface area contributed by atoms with Crippen LogP contribution in [0.5, 0.6) is 0 Å². The minimum atomic E-state index is -4.76. The standard InChI is InChI=1S/C29H29N3O6S.Na/c33-25(32-21-12-6-7-13-24(21)39(36,37)38)16-17-30-22-14-15-23(31-18-8-2-1-3-9-18)27-26(22)28(34)19-10-4-5-11-20(19)29(27)35;/h4-7,10-15,18,30-31H,1-3,8-9,16-17H2,(H,32,33)(H,36,37,38);/q;+1/p-1. The first-order valence-electron chi connectivity index (χ1n) is 12.9. The molecule has 1 saturated carbocycles. The number of ketones is 2. The van der Waals surface area contributed by atoms with Gasteiger partial charge < -0.3 is 20.5 Å². The van der Waals surface area contributed by atoms with E-state index in [0.29, 0.717) is 28.1 Å². The Balaban J connectivity index is 0.00000370. The smallest absolute Gasteiger partial charge is 0.744 e. The topological polar surface area (TPSA) is 144 Å². The summed E-state index contributed by atoms with van der Waals surface area (Å²) in [5.41, 5.74) is 2.26. The molecule has 202 valence electrons. The molecular formula is C29H28N3NaO6S. The molecule has 3 aromatic rings. The Morgan fingerprint density at radius 3 is 2.02 bits per heavy atom. The van der Waals surface area contributed by atoms with E-state index in [-0.39, 0.29) is 71.4 Å². The number of carbonyl (C=O) groups is 3. The Labute approximate surface area is 255 Å². The third kappa shape index (κ3) is 6.31. The Hall–Kier alpha value is -3.02. The molecule has 0 radical (unpaired) electrons. The van der Waals surface area contributed by atoms with Crippen molar-refractivity contribution in [2.45, 2.75) is 49.5 Å². The van der Waals surface area contributed by atoms with Crippen molar-refractivity contribution >= 4 is 44.7 Å². The zero-order chi connectivity index (χ0) is 27.6. The van der Waals surface area contributed by atoms with Gasteiger partial charge in [0.15, 0.2) is 11.6 Å². The molecule has 0 atom stereocenters. The number of para-hydroxylation sites is 1. The Kier molecular flexibility index (Phi) is 9.48. The third-order valence-corrected chi connectivity index (χ3v) is 8.03. The zero-order valence-corrected chi connectivity index (χ0v) is 25.0. The quantitative estimate of drug-likeness (QED) is 0.214. The van der Waals surface area contributed by atoms with Gasteiger partial charge in [-0.25, -0.2) is 8.42 Å². The largest absolute Gasteiger partial charge is 1.00 e. The molecule has 3 N–H and O–H groups in total. The summed E-state index contributed by atoms with van der Waals surface area (Å²) in [7, 11) is -4.76. The predicted molar refractivity (Wildman–Crippen MR) is 146 cm³/mol. The molecule has 0 bridgehead atoms. The number of amides is 1. The number of nitrogens with one attached hydrogen (secondary N) is 3. The Morgan fingerprint density at radius 1 is 0.800 bits per heavy atom. The van der Waals surface area contributed by atoms with Crippen LogP contribution >= 0.6 is 0 Å². The summed E-state index contributed by atoms with van der Waals surface area (Å²) in [6.07, 6.45) is 5.34. The van der Waals surface area contributed by atoms with E-state index in [4.69, 9.17) is 0 Å². The Morgan fingerprint density at radius 2 is 1.38 bits per heavy atom. The summed E-state index contributed by atoms with van der Waals surface area (Å²) in [4.78, 5) is 39.2. The van der Waals surface area contributed by atoms with Crippen molar-refractivity contribution in [1.29, 1.82) is 0 Å². The van der Waals surface area contributed by atoms with E-state index >= 15 is 0 Å². The predicted octanol–water partition coefficient (Wildman–Crippen LogP) is 1.56. The number of benzene rings is 3. The maximum absolute atomic E-state index is 13.6. The van der Waals surface area contributed by atoms with Gasteiger partial charge in [0.25, 0.3) is 0 Å². The molecule has 40 heavy (non-hydrogen) atoms. The summed E-state index contributed by atoms with van der Waals surface area (Å²) in [5, 5.41) is 9.06. The van der Waals surface area contributed by atoms with E-state index in [1.165, 1.54) is 24.6 Å². The molecule has 0 aromatic heterocycles. The molecule has 3 aromatic carbocycles. The summed E-state index contributed by atoms with van der Waals surface area (Å²) in [6, 6.07) is 15.9. The van der Waals surface area contributed by atoms with Crippen molar-refractivity contribution in [3.8, 4) is 0 Å². The van der Waals surface area contributed by atoms with E-state index in [2.05, 4.69) is 16.0 Å². The number of anilines is 3. The van der Waals surface area contributed by atoms with Crippen LogP contribution in [-0.4, -0.2) is 43.0 Å². The van der Waals surface area contributed by atoms with Crippen molar-refractivity contribution in [1.82, 2.24) is 0 Å². The molecular weight excluding hydrogens is 541 g/mol. The molecule has 11 heteroatoms. The van der Waals surface area contributed by atoms with Gasteiger partial charge in [0.1, 0.15) is 10.1 Å². The van der Waals surface area contributed by atoms with Crippen molar-refractivity contribution in [3.05, 3.63) is 82.9 Å². The molecule has 1 fully saturated rings. The van der Waals surface area contributed by atoms with Crippen LogP contribution in [0.25, 0.3) is 0 Å². The Bertz CT molecular complexity index is 1570. The number of fused-ring (bicyclic) bond motifs is 2. The fourth-order valence-electron chi connectivity index (χ4n) is 5.27. The van der Waals surface area contributed by atoms with Crippen molar-refractivity contribution < 1.29 is 56.9 Å². The third-order valence-electron chi connectivity index (χ3n) is 7.14. The first kappa shape index (κ1) is 30.0. The normalized spacial score (nSPS) is 14.9. The van der Waals surface area contributed by atoms with Gasteiger partial charge >= 0.3 is 29.6 Å². The van der Waals surface area contributed by atoms with Gasteiger partial charge in [-0.15, -0.1) is 0 Å². The van der Waals surface area contributed by atoms with Crippen LogP contribution in [0.1, 0.15) is 70.4 Å². The first-order valence-corrected chi connectivity index (χ1v) is 14.4. The molecule has 2 aliphatic carbocycles. The van der Waals surface area contributed by atoms with Gasteiger partial charge in [-0.2, -0.15) is 0 Å². The molecule has 0 unspecified atom stereocenters. The first-order chi connectivity index (χ1) is 18.7. The molecule has 0 aliphatic heterocycles. The average Bonchev–Trinajstić information content (AvgIpc) is 2.92. The van der Waals surface area contributed by atoms with Gasteiger partial charge in [-0.05, 0) is 37.1 Å². The summed E-state index contributed by atoms with van der Waals surface area (Å²) < 4.78 is 34.5. The van der Waals surface area contributed by atoms with E-state index in [0.717, 1.165) is 31.7 Å². The molecule has 5 rings (SSSR count).